The van der Waals surface area contributed by atoms with Gasteiger partial charge in [-0.05, 0) is 57.9 Å². The van der Waals surface area contributed by atoms with Gasteiger partial charge in [0.25, 0.3) is 0 Å². The molecule has 0 saturated carbocycles. The van der Waals surface area contributed by atoms with Crippen LogP contribution in [-0.4, -0.2) is 6.66 Å². The van der Waals surface area contributed by atoms with Crippen LogP contribution in [0.3, 0.4) is 0 Å². The molecule has 0 heterocycles. The van der Waals surface area contributed by atoms with Crippen molar-refractivity contribution >= 4 is 55.5 Å². The van der Waals surface area contributed by atoms with Crippen molar-refractivity contribution in [3.8, 4) is 0 Å². The maximum Gasteiger partial charge on any atom is 0.112 e. The van der Waals surface area contributed by atoms with Gasteiger partial charge in [-0.2, -0.15) is 0 Å². The van der Waals surface area contributed by atoms with Crippen molar-refractivity contribution in [1.29, 1.82) is 0 Å². The maximum atomic E-state index is 2.48. The van der Waals surface area contributed by atoms with Gasteiger partial charge in [-0.15, -0.1) is 0 Å². The minimum Gasteiger partial charge on any atom is -0.0620 e. The van der Waals surface area contributed by atoms with E-state index in [0.29, 0.717) is 0 Å². The van der Waals surface area contributed by atoms with Gasteiger partial charge in [-0.3, -0.25) is 0 Å². The first kappa shape index (κ1) is 17.6. The molecule has 0 fully saturated rings. The van der Waals surface area contributed by atoms with E-state index >= 15 is 0 Å². The highest BCUT2D eigenvalue weighted by molar-refractivity contribution is 7.95. The molecule has 0 atom stereocenters. The monoisotopic (exact) mass is 401 g/mol. The Kier molecular flexibility index (Phi) is 3.91. The van der Waals surface area contributed by atoms with Crippen LogP contribution in [-0.2, 0) is 0 Å². The van der Waals surface area contributed by atoms with Gasteiger partial charge in [0.2, 0.25) is 0 Å². The molecule has 0 aliphatic carbocycles. The number of rotatable bonds is 3. The molecular formula is C29H22P+. The van der Waals surface area contributed by atoms with Crippen LogP contribution in [0.15, 0.2) is 115 Å². The second-order valence-electron chi connectivity index (χ2n) is 8.12. The zero-order valence-electron chi connectivity index (χ0n) is 16.9. The molecule has 0 saturated heterocycles. The average molecular weight is 401 g/mol. The normalized spacial score (nSPS) is 12.2. The van der Waals surface area contributed by atoms with E-state index in [-0.39, 0.29) is 0 Å². The summed E-state index contributed by atoms with van der Waals surface area (Å²) in [5.74, 6) is 0. The fourth-order valence-corrected chi connectivity index (χ4v) is 8.42. The summed E-state index contributed by atoms with van der Waals surface area (Å²) >= 11 is 0. The molecule has 0 amide bonds. The van der Waals surface area contributed by atoms with E-state index in [0.717, 1.165) is 0 Å². The molecule has 6 aromatic carbocycles. The van der Waals surface area contributed by atoms with Gasteiger partial charge in [0.05, 0.1) is 6.66 Å². The third-order valence-corrected chi connectivity index (χ3v) is 10.5. The van der Waals surface area contributed by atoms with Gasteiger partial charge in [0.1, 0.15) is 23.2 Å². The average Bonchev–Trinajstić information content (AvgIpc) is 2.83. The van der Waals surface area contributed by atoms with Crippen molar-refractivity contribution < 1.29 is 0 Å². The summed E-state index contributed by atoms with van der Waals surface area (Å²) in [6.07, 6.45) is 0. The first-order valence-electron chi connectivity index (χ1n) is 10.4. The molecule has 0 aromatic heterocycles. The largest absolute Gasteiger partial charge is 0.112 e. The van der Waals surface area contributed by atoms with E-state index in [1.165, 1.54) is 48.2 Å². The minimum atomic E-state index is -1.78. The van der Waals surface area contributed by atoms with E-state index in [9.17, 15) is 0 Å². The maximum absolute atomic E-state index is 2.48. The highest BCUT2D eigenvalue weighted by Crippen LogP contribution is 2.53. The molecule has 0 spiro atoms. The third kappa shape index (κ3) is 2.44. The van der Waals surface area contributed by atoms with Crippen LogP contribution >= 0.6 is 7.26 Å². The summed E-state index contributed by atoms with van der Waals surface area (Å²) in [5, 5.41) is 12.5. The minimum absolute atomic E-state index is 1.32. The molecule has 0 nitrogen and oxygen atoms in total. The van der Waals surface area contributed by atoms with Crippen LogP contribution in [0.5, 0.6) is 0 Å². The Morgan fingerprint density at radius 2 is 0.933 bits per heavy atom. The third-order valence-electron chi connectivity index (χ3n) is 6.53. The van der Waals surface area contributed by atoms with Crippen LogP contribution in [0.2, 0.25) is 0 Å². The highest BCUT2D eigenvalue weighted by atomic mass is 31.2. The van der Waals surface area contributed by atoms with E-state index in [1.54, 1.807) is 0 Å². The topological polar surface area (TPSA) is 0 Å². The Morgan fingerprint density at radius 3 is 1.53 bits per heavy atom. The Balaban J connectivity index is 1.77. The molecule has 1 heteroatoms. The Hall–Kier alpha value is -3.21. The summed E-state index contributed by atoms with van der Waals surface area (Å²) in [5.41, 5.74) is 0. The Morgan fingerprint density at radius 1 is 0.433 bits per heavy atom. The van der Waals surface area contributed by atoms with Gasteiger partial charge < -0.3 is 0 Å². The lowest BCUT2D eigenvalue weighted by Crippen LogP contribution is -2.30. The summed E-state index contributed by atoms with van der Waals surface area (Å²) in [7, 11) is -1.78. The highest BCUT2D eigenvalue weighted by Gasteiger charge is 2.41. The summed E-state index contributed by atoms with van der Waals surface area (Å²) in [4.78, 5) is 0. The number of hydrogen-bond acceptors (Lipinski definition) is 0. The SMILES string of the molecule is C[P+](c1ccccc1)(c1ccccc1)c1ccc2ccc3cccc4ccc1c2c34. The summed E-state index contributed by atoms with van der Waals surface area (Å²) in [6.45, 7) is 2.48. The smallest absolute Gasteiger partial charge is 0.0620 e. The number of hydrogen-bond donors (Lipinski definition) is 0. The lowest BCUT2D eigenvalue weighted by atomic mass is 9.94. The van der Waals surface area contributed by atoms with Crippen LogP contribution in [0.4, 0.5) is 0 Å². The standard InChI is InChI=1S/C29H22P/c1-30(24-11-4-2-5-12-24,25-13-6-3-7-14-25)27-20-18-23-16-15-21-9-8-10-22-17-19-26(27)29(23)28(21)22/h2-20H,1H3/q+1. The molecule has 30 heavy (non-hydrogen) atoms. The van der Waals surface area contributed by atoms with Gasteiger partial charge >= 0.3 is 0 Å². The molecular weight excluding hydrogens is 379 g/mol. The molecule has 0 N–H and O–H groups in total. The number of benzene rings is 6. The summed E-state index contributed by atoms with van der Waals surface area (Å²) in [6, 6.07) is 42.7. The molecule has 0 radical (unpaired) electrons. The Labute approximate surface area is 177 Å². The van der Waals surface area contributed by atoms with Gasteiger partial charge in [0.15, 0.2) is 0 Å². The fraction of sp³-hybridized carbons (Fsp3) is 0.0345. The molecule has 0 bridgehead atoms. The lowest BCUT2D eigenvalue weighted by Gasteiger charge is -2.25. The fourth-order valence-electron chi connectivity index (χ4n) is 4.99. The van der Waals surface area contributed by atoms with Crippen molar-refractivity contribution in [3.63, 3.8) is 0 Å². The second kappa shape index (κ2) is 6.66. The quantitative estimate of drug-likeness (QED) is 0.234. The molecule has 0 aliphatic heterocycles. The zero-order chi connectivity index (χ0) is 20.1. The molecule has 6 rings (SSSR count). The van der Waals surface area contributed by atoms with E-state index in [2.05, 4.69) is 122 Å². The van der Waals surface area contributed by atoms with Crippen LogP contribution in [0, 0.1) is 0 Å². The predicted molar refractivity (Wildman–Crippen MR) is 135 cm³/mol. The molecule has 0 unspecified atom stereocenters. The van der Waals surface area contributed by atoms with Crippen molar-refractivity contribution in [1.82, 2.24) is 0 Å². The van der Waals surface area contributed by atoms with E-state index in [1.807, 2.05) is 0 Å². The lowest BCUT2D eigenvalue weighted by molar-refractivity contribution is 1.73. The van der Waals surface area contributed by atoms with Gasteiger partial charge in [-0.25, -0.2) is 0 Å². The molecule has 6 aromatic rings. The summed E-state index contributed by atoms with van der Waals surface area (Å²) < 4.78 is 0. The van der Waals surface area contributed by atoms with E-state index < -0.39 is 7.26 Å². The second-order valence-corrected chi connectivity index (χ2v) is 11.6. The predicted octanol–water partition coefficient (Wildman–Crippen LogP) is 6.51. The van der Waals surface area contributed by atoms with Gasteiger partial charge in [-0.1, -0.05) is 78.9 Å². The van der Waals surface area contributed by atoms with Crippen molar-refractivity contribution in [2.75, 3.05) is 6.66 Å². The van der Waals surface area contributed by atoms with Crippen molar-refractivity contribution in [3.05, 3.63) is 115 Å². The molecule has 142 valence electrons. The van der Waals surface area contributed by atoms with E-state index in [4.69, 9.17) is 0 Å². The van der Waals surface area contributed by atoms with Crippen LogP contribution < -0.4 is 15.9 Å². The van der Waals surface area contributed by atoms with Crippen molar-refractivity contribution in [2.45, 2.75) is 0 Å². The van der Waals surface area contributed by atoms with Gasteiger partial charge in [0, 0.05) is 10.8 Å². The molecule has 0 aliphatic rings. The Bertz CT molecular complexity index is 1430. The van der Waals surface area contributed by atoms with Crippen LogP contribution in [0.25, 0.3) is 32.3 Å². The first-order valence-corrected chi connectivity index (χ1v) is 12.7. The zero-order valence-corrected chi connectivity index (χ0v) is 17.8. The first-order chi connectivity index (χ1) is 14.8. The van der Waals surface area contributed by atoms with Crippen molar-refractivity contribution in [2.24, 2.45) is 0 Å². The van der Waals surface area contributed by atoms with Crippen LogP contribution in [0.1, 0.15) is 0 Å².